The van der Waals surface area contributed by atoms with Gasteiger partial charge in [0.1, 0.15) is 0 Å². The minimum Gasteiger partial charge on any atom is -0.465 e. The molecule has 0 amide bonds. The maximum Gasteiger partial charge on any atom is 0.337 e. The third kappa shape index (κ3) is 7.49. The first kappa shape index (κ1) is 23.4. The number of nitrogens with zero attached hydrogens (tertiary/aromatic N) is 1. The molecule has 0 heterocycles. The van der Waals surface area contributed by atoms with Gasteiger partial charge in [-0.25, -0.2) is 9.59 Å². The number of carbonyl (C=O) groups excluding carboxylic acids is 2. The van der Waals surface area contributed by atoms with Crippen LogP contribution in [0.25, 0.3) is 0 Å². The van der Waals surface area contributed by atoms with Crippen LogP contribution in [0.2, 0.25) is 0 Å². The number of alkyl halides is 1. The van der Waals surface area contributed by atoms with Crippen LogP contribution >= 0.6 is 15.9 Å². The second-order valence-electron chi connectivity index (χ2n) is 4.85. The van der Waals surface area contributed by atoms with E-state index in [-0.39, 0.29) is 19.4 Å². The van der Waals surface area contributed by atoms with Gasteiger partial charge in [-0.3, -0.25) is 0 Å². The Morgan fingerprint density at radius 1 is 0.885 bits per heavy atom. The second-order valence-corrected chi connectivity index (χ2v) is 5.41. The molecular weight excluding hydrogens is 398 g/mol. The number of esters is 2. The third-order valence-electron chi connectivity index (χ3n) is 3.19. The highest BCUT2D eigenvalue weighted by atomic mass is 79.9. The normalized spacial score (nSPS) is 8.85. The summed E-state index contributed by atoms with van der Waals surface area (Å²) in [5, 5.41) is 9.20. The Kier molecular flexibility index (Phi) is 11.4. The molecule has 2 aromatic carbocycles. The van der Waals surface area contributed by atoms with Gasteiger partial charge < -0.3 is 9.47 Å². The number of carbonyl (C=O) groups is 2. The molecule has 0 radical (unpaired) electrons. The molecule has 0 spiro atoms. The van der Waals surface area contributed by atoms with E-state index in [9.17, 15) is 9.59 Å². The minimum atomic E-state index is -0.358. The van der Waals surface area contributed by atoms with Gasteiger partial charge in [-0.15, -0.1) is 0 Å². The van der Waals surface area contributed by atoms with Crippen molar-refractivity contribution in [3.05, 3.63) is 70.8 Å². The largest absolute Gasteiger partial charge is 0.465 e. The summed E-state index contributed by atoms with van der Waals surface area (Å²) < 4.78 is 9.09. The Bertz CT molecular complexity index is 734. The second kappa shape index (κ2) is 12.7. The van der Waals surface area contributed by atoms with Crippen molar-refractivity contribution in [3.63, 3.8) is 0 Å². The van der Waals surface area contributed by atoms with Crippen molar-refractivity contribution >= 4 is 27.9 Å². The molecule has 0 atom stereocenters. The Labute approximate surface area is 162 Å². The molecule has 26 heavy (non-hydrogen) atoms. The van der Waals surface area contributed by atoms with E-state index in [1.54, 1.807) is 36.4 Å². The zero-order valence-corrected chi connectivity index (χ0v) is 15.6. The number of benzene rings is 2. The Balaban J connectivity index is 0.000000464. The first-order valence-corrected chi connectivity index (χ1v) is 8.45. The summed E-state index contributed by atoms with van der Waals surface area (Å²) >= 11 is 3.32. The van der Waals surface area contributed by atoms with Gasteiger partial charge in [-0.2, -0.15) is 5.26 Å². The summed E-state index contributed by atoms with van der Waals surface area (Å²) in [4.78, 5) is 22.0. The predicted octanol–water partition coefficient (Wildman–Crippen LogP) is 4.54. The number of nitriles is 1. The molecule has 2 rings (SSSR count). The number of hydrogen-bond acceptors (Lipinski definition) is 5. The summed E-state index contributed by atoms with van der Waals surface area (Å²) in [5.74, 6) is -0.653. The van der Waals surface area contributed by atoms with Crippen LogP contribution in [0, 0.1) is 11.3 Å². The van der Waals surface area contributed by atoms with Gasteiger partial charge in [-0.05, 0) is 35.4 Å². The van der Waals surface area contributed by atoms with E-state index in [0.29, 0.717) is 17.5 Å². The van der Waals surface area contributed by atoms with Crippen LogP contribution in [0.4, 0.5) is 0 Å². The summed E-state index contributed by atoms with van der Waals surface area (Å²) in [6.45, 7) is 0. The molecule has 2 aromatic rings. The molecule has 0 N–H and O–H groups in total. The van der Waals surface area contributed by atoms with E-state index in [1.165, 1.54) is 14.2 Å². The van der Waals surface area contributed by atoms with E-state index in [4.69, 9.17) is 5.26 Å². The fourth-order valence-corrected chi connectivity index (χ4v) is 2.19. The smallest absolute Gasteiger partial charge is 0.337 e. The SMILES string of the molecule is C.COC(=O)c1ccc(CBr)cc1.COC(=O)c1ccc(CC#N)cc1. The van der Waals surface area contributed by atoms with Crippen LogP contribution in [-0.4, -0.2) is 26.2 Å². The van der Waals surface area contributed by atoms with Crippen molar-refractivity contribution in [3.8, 4) is 6.07 Å². The summed E-state index contributed by atoms with van der Waals surface area (Å²) in [5.41, 5.74) is 3.13. The van der Waals surface area contributed by atoms with Crippen LogP contribution < -0.4 is 0 Å². The van der Waals surface area contributed by atoms with Crippen LogP contribution in [-0.2, 0) is 21.2 Å². The number of rotatable bonds is 4. The van der Waals surface area contributed by atoms with Crippen molar-refractivity contribution in [1.82, 2.24) is 0 Å². The molecule has 0 fully saturated rings. The monoisotopic (exact) mass is 419 g/mol. The van der Waals surface area contributed by atoms with Crippen molar-refractivity contribution in [2.24, 2.45) is 0 Å². The fraction of sp³-hybridized carbons (Fsp3) is 0.250. The summed E-state index contributed by atoms with van der Waals surface area (Å²) in [6.07, 6.45) is 0.363. The van der Waals surface area contributed by atoms with Crippen LogP contribution in [0.15, 0.2) is 48.5 Å². The standard InChI is InChI=1S/C10H9NO2.C9H9BrO2.CH4/c1-13-10(12)9-4-2-8(3-5-9)6-7-11;1-12-9(11)8-4-2-7(6-10)3-5-8;/h2-5H,6H2,1H3;2-5H,6H2,1H3;1H4. The van der Waals surface area contributed by atoms with Crippen molar-refractivity contribution in [2.75, 3.05) is 14.2 Å². The number of methoxy groups -OCH3 is 2. The Morgan fingerprint density at radius 3 is 1.58 bits per heavy atom. The van der Waals surface area contributed by atoms with Crippen molar-refractivity contribution in [1.29, 1.82) is 5.26 Å². The zero-order chi connectivity index (χ0) is 18.7. The summed E-state index contributed by atoms with van der Waals surface area (Å²) in [7, 11) is 2.71. The Hall–Kier alpha value is -2.65. The highest BCUT2D eigenvalue weighted by molar-refractivity contribution is 9.08. The molecule has 0 unspecified atom stereocenters. The molecule has 0 aliphatic carbocycles. The van der Waals surface area contributed by atoms with Crippen LogP contribution in [0.1, 0.15) is 39.3 Å². The van der Waals surface area contributed by atoms with Gasteiger partial charge in [0.15, 0.2) is 0 Å². The number of hydrogen-bond donors (Lipinski definition) is 0. The maximum atomic E-state index is 11.0. The van der Waals surface area contributed by atoms with Gasteiger partial charge in [0.05, 0.1) is 37.8 Å². The molecular formula is C20H22BrNO4. The first-order chi connectivity index (χ1) is 12.0. The molecule has 0 aliphatic rings. The van der Waals surface area contributed by atoms with E-state index >= 15 is 0 Å². The van der Waals surface area contributed by atoms with E-state index in [1.807, 2.05) is 18.2 Å². The van der Waals surface area contributed by atoms with Crippen LogP contribution in [0.3, 0.4) is 0 Å². The molecule has 0 saturated carbocycles. The van der Waals surface area contributed by atoms with Crippen molar-refractivity contribution in [2.45, 2.75) is 19.2 Å². The number of halogens is 1. The van der Waals surface area contributed by atoms with Crippen LogP contribution in [0.5, 0.6) is 0 Å². The molecule has 5 nitrogen and oxygen atoms in total. The van der Waals surface area contributed by atoms with Gasteiger partial charge in [0, 0.05) is 5.33 Å². The summed E-state index contributed by atoms with van der Waals surface area (Å²) in [6, 6.07) is 16.1. The van der Waals surface area contributed by atoms with E-state index in [2.05, 4.69) is 25.4 Å². The van der Waals surface area contributed by atoms with Gasteiger partial charge in [-0.1, -0.05) is 47.6 Å². The predicted molar refractivity (Wildman–Crippen MR) is 104 cm³/mol. The zero-order valence-electron chi connectivity index (χ0n) is 14.0. The highest BCUT2D eigenvalue weighted by Crippen LogP contribution is 2.08. The minimum absolute atomic E-state index is 0. The van der Waals surface area contributed by atoms with Gasteiger partial charge in [0.2, 0.25) is 0 Å². The average Bonchev–Trinajstić information content (AvgIpc) is 2.68. The first-order valence-electron chi connectivity index (χ1n) is 7.33. The quantitative estimate of drug-likeness (QED) is 0.536. The molecule has 138 valence electrons. The van der Waals surface area contributed by atoms with Gasteiger partial charge >= 0.3 is 11.9 Å². The lowest BCUT2D eigenvalue weighted by Gasteiger charge is -1.99. The molecule has 0 saturated heterocycles. The van der Waals surface area contributed by atoms with E-state index in [0.717, 1.165) is 16.5 Å². The lowest BCUT2D eigenvalue weighted by Crippen LogP contribution is -2.00. The average molecular weight is 420 g/mol. The molecule has 0 aliphatic heterocycles. The highest BCUT2D eigenvalue weighted by Gasteiger charge is 2.04. The molecule has 0 bridgehead atoms. The maximum absolute atomic E-state index is 11.0. The number of ether oxygens (including phenoxy) is 2. The topological polar surface area (TPSA) is 76.4 Å². The van der Waals surface area contributed by atoms with Crippen molar-refractivity contribution < 1.29 is 19.1 Å². The molecule has 6 heteroatoms. The fourth-order valence-electron chi connectivity index (χ4n) is 1.82. The molecule has 0 aromatic heterocycles. The lowest BCUT2D eigenvalue weighted by atomic mass is 10.1. The Morgan fingerprint density at radius 2 is 1.27 bits per heavy atom. The van der Waals surface area contributed by atoms with E-state index < -0.39 is 0 Å². The third-order valence-corrected chi connectivity index (χ3v) is 3.84. The van der Waals surface area contributed by atoms with Gasteiger partial charge in [0.25, 0.3) is 0 Å². The lowest BCUT2D eigenvalue weighted by molar-refractivity contribution is 0.0592.